The monoisotopic (exact) mass is 358 g/mol. The average Bonchev–Trinajstić information content (AvgIpc) is 2.97. The molecule has 2 heterocycles. The molecular formula is C21H30N2O3. The Morgan fingerprint density at radius 2 is 1.69 bits per heavy atom. The molecule has 5 heteroatoms. The Hall–Kier alpha value is -1.88. The number of likely N-dealkylation sites (tertiary alicyclic amines) is 2. The number of benzene rings is 1. The van der Waals surface area contributed by atoms with Gasteiger partial charge in [0, 0.05) is 44.8 Å². The number of nitrogens with zero attached hydrogens (tertiary/aromatic N) is 2. The summed E-state index contributed by atoms with van der Waals surface area (Å²) in [6.45, 7) is 3.65. The molecule has 0 bridgehead atoms. The zero-order valence-electron chi connectivity index (χ0n) is 15.8. The minimum absolute atomic E-state index is 0.0589. The van der Waals surface area contributed by atoms with Gasteiger partial charge in [0.2, 0.25) is 5.91 Å². The van der Waals surface area contributed by atoms with Crippen LogP contribution in [0.1, 0.15) is 54.4 Å². The van der Waals surface area contributed by atoms with E-state index in [1.807, 2.05) is 29.2 Å². The maximum absolute atomic E-state index is 12.8. The molecule has 1 aromatic rings. The van der Waals surface area contributed by atoms with Gasteiger partial charge >= 0.3 is 0 Å². The third-order valence-electron chi connectivity index (χ3n) is 5.53. The van der Waals surface area contributed by atoms with Crippen molar-refractivity contribution >= 4 is 11.8 Å². The number of rotatable bonds is 4. The smallest absolute Gasteiger partial charge is 0.253 e. The highest BCUT2D eigenvalue weighted by Crippen LogP contribution is 2.23. The molecule has 2 fully saturated rings. The second-order valence-electron chi connectivity index (χ2n) is 7.44. The molecule has 1 aromatic carbocycles. The summed E-state index contributed by atoms with van der Waals surface area (Å²) in [4.78, 5) is 29.5. The SMILES string of the molecule is COCc1cccc(C(=O)N2CCC(C(=O)N3CCCCCC3)CC2)c1. The van der Waals surface area contributed by atoms with E-state index in [0.29, 0.717) is 31.2 Å². The zero-order chi connectivity index (χ0) is 18.4. The van der Waals surface area contributed by atoms with Crippen LogP contribution in [0, 0.1) is 5.92 Å². The van der Waals surface area contributed by atoms with E-state index in [9.17, 15) is 9.59 Å². The van der Waals surface area contributed by atoms with Crippen molar-refractivity contribution in [1.29, 1.82) is 0 Å². The molecule has 0 unspecified atom stereocenters. The van der Waals surface area contributed by atoms with Crippen LogP contribution in [-0.2, 0) is 16.1 Å². The normalized spacial score (nSPS) is 19.3. The molecule has 3 rings (SSSR count). The van der Waals surface area contributed by atoms with Gasteiger partial charge in [-0.3, -0.25) is 9.59 Å². The number of carbonyl (C=O) groups excluding carboxylic acids is 2. The summed E-state index contributed by atoms with van der Waals surface area (Å²) in [5.74, 6) is 0.446. The Balaban J connectivity index is 1.55. The third kappa shape index (κ3) is 4.64. The standard InChI is InChI=1S/C21H30N2O3/c1-26-16-17-7-6-8-19(15-17)21(25)23-13-9-18(10-14-23)20(24)22-11-4-2-3-5-12-22/h6-8,15,18H,2-5,9-14,16H2,1H3. The van der Waals surface area contributed by atoms with Crippen LogP contribution in [0.5, 0.6) is 0 Å². The van der Waals surface area contributed by atoms with Gasteiger partial charge in [-0.2, -0.15) is 0 Å². The molecule has 0 N–H and O–H groups in total. The highest BCUT2D eigenvalue weighted by atomic mass is 16.5. The summed E-state index contributed by atoms with van der Waals surface area (Å²) in [6, 6.07) is 7.62. The second kappa shape index (κ2) is 9.17. The lowest BCUT2D eigenvalue weighted by molar-refractivity contribution is -0.136. The van der Waals surface area contributed by atoms with E-state index in [-0.39, 0.29) is 11.8 Å². The Kier molecular flexibility index (Phi) is 6.67. The Morgan fingerprint density at radius 1 is 1.00 bits per heavy atom. The second-order valence-corrected chi connectivity index (χ2v) is 7.44. The third-order valence-corrected chi connectivity index (χ3v) is 5.53. The van der Waals surface area contributed by atoms with Gasteiger partial charge in [0.25, 0.3) is 5.91 Å². The summed E-state index contributed by atoms with van der Waals surface area (Å²) in [5, 5.41) is 0. The molecule has 26 heavy (non-hydrogen) atoms. The fourth-order valence-electron chi connectivity index (χ4n) is 4.02. The van der Waals surface area contributed by atoms with Gasteiger partial charge in [0.1, 0.15) is 0 Å². The van der Waals surface area contributed by atoms with Crippen molar-refractivity contribution in [2.24, 2.45) is 5.92 Å². The first kappa shape index (κ1) is 18.9. The van der Waals surface area contributed by atoms with E-state index in [2.05, 4.69) is 4.90 Å². The van der Waals surface area contributed by atoms with Gasteiger partial charge in [0.05, 0.1) is 6.61 Å². The zero-order valence-corrected chi connectivity index (χ0v) is 15.8. The molecular weight excluding hydrogens is 328 g/mol. The van der Waals surface area contributed by atoms with Gasteiger partial charge in [0.15, 0.2) is 0 Å². The average molecular weight is 358 g/mol. The number of piperidine rings is 1. The quantitative estimate of drug-likeness (QED) is 0.831. The first-order chi connectivity index (χ1) is 12.7. The van der Waals surface area contributed by atoms with Crippen LogP contribution in [0.3, 0.4) is 0 Å². The summed E-state index contributed by atoms with van der Waals surface area (Å²) >= 11 is 0. The van der Waals surface area contributed by atoms with E-state index >= 15 is 0 Å². The lowest BCUT2D eigenvalue weighted by Crippen LogP contribution is -2.44. The van der Waals surface area contributed by atoms with Crippen molar-refractivity contribution in [2.75, 3.05) is 33.3 Å². The topological polar surface area (TPSA) is 49.9 Å². The summed E-state index contributed by atoms with van der Waals surface area (Å²) in [6.07, 6.45) is 6.27. The molecule has 142 valence electrons. The molecule has 2 amide bonds. The molecule has 0 atom stereocenters. The number of ether oxygens (including phenoxy) is 1. The highest BCUT2D eigenvalue weighted by molar-refractivity contribution is 5.94. The molecule has 0 saturated carbocycles. The van der Waals surface area contributed by atoms with E-state index < -0.39 is 0 Å². The van der Waals surface area contributed by atoms with E-state index in [1.165, 1.54) is 12.8 Å². The molecule has 0 radical (unpaired) electrons. The fourth-order valence-corrected chi connectivity index (χ4v) is 4.02. The lowest BCUT2D eigenvalue weighted by Gasteiger charge is -2.34. The van der Waals surface area contributed by atoms with Crippen LogP contribution in [0.15, 0.2) is 24.3 Å². The summed E-state index contributed by atoms with van der Waals surface area (Å²) in [5.41, 5.74) is 1.71. The summed E-state index contributed by atoms with van der Waals surface area (Å²) in [7, 11) is 1.65. The van der Waals surface area contributed by atoms with E-state index in [0.717, 1.165) is 44.3 Å². The molecule has 5 nitrogen and oxygen atoms in total. The van der Waals surface area contributed by atoms with Crippen molar-refractivity contribution in [3.8, 4) is 0 Å². The number of hydrogen-bond donors (Lipinski definition) is 0. The maximum atomic E-state index is 12.8. The van der Waals surface area contributed by atoms with Gasteiger partial charge in [-0.05, 0) is 43.4 Å². The minimum atomic E-state index is 0.0589. The van der Waals surface area contributed by atoms with Crippen molar-refractivity contribution in [2.45, 2.75) is 45.1 Å². The summed E-state index contributed by atoms with van der Waals surface area (Å²) < 4.78 is 5.15. The number of amides is 2. The molecule has 0 spiro atoms. The first-order valence-corrected chi connectivity index (χ1v) is 9.85. The van der Waals surface area contributed by atoms with Gasteiger partial charge < -0.3 is 14.5 Å². The lowest BCUT2D eigenvalue weighted by atomic mass is 9.94. The van der Waals surface area contributed by atoms with Crippen molar-refractivity contribution < 1.29 is 14.3 Å². The van der Waals surface area contributed by atoms with Crippen LogP contribution in [0.25, 0.3) is 0 Å². The molecule has 2 aliphatic rings. The van der Waals surface area contributed by atoms with Gasteiger partial charge in [-0.15, -0.1) is 0 Å². The van der Waals surface area contributed by atoms with E-state index in [4.69, 9.17) is 4.74 Å². The van der Waals surface area contributed by atoms with Crippen molar-refractivity contribution in [3.05, 3.63) is 35.4 Å². The largest absolute Gasteiger partial charge is 0.380 e. The van der Waals surface area contributed by atoms with Crippen LogP contribution >= 0.6 is 0 Å². The van der Waals surface area contributed by atoms with Crippen molar-refractivity contribution in [3.63, 3.8) is 0 Å². The van der Waals surface area contributed by atoms with Crippen LogP contribution < -0.4 is 0 Å². The molecule has 2 aliphatic heterocycles. The number of methoxy groups -OCH3 is 1. The van der Waals surface area contributed by atoms with Gasteiger partial charge in [-0.1, -0.05) is 25.0 Å². The Bertz CT molecular complexity index is 615. The van der Waals surface area contributed by atoms with Crippen LogP contribution in [0.4, 0.5) is 0 Å². The van der Waals surface area contributed by atoms with Gasteiger partial charge in [-0.25, -0.2) is 0 Å². The van der Waals surface area contributed by atoms with Crippen molar-refractivity contribution in [1.82, 2.24) is 9.80 Å². The molecule has 0 aliphatic carbocycles. The predicted octanol–water partition coefficient (Wildman–Crippen LogP) is 3.09. The molecule has 2 saturated heterocycles. The highest BCUT2D eigenvalue weighted by Gasteiger charge is 2.30. The number of hydrogen-bond acceptors (Lipinski definition) is 3. The predicted molar refractivity (Wildman–Crippen MR) is 101 cm³/mol. The Morgan fingerprint density at radius 3 is 2.35 bits per heavy atom. The minimum Gasteiger partial charge on any atom is -0.380 e. The van der Waals surface area contributed by atoms with Crippen LogP contribution in [-0.4, -0.2) is 54.9 Å². The number of carbonyl (C=O) groups is 2. The molecule has 0 aromatic heterocycles. The van der Waals surface area contributed by atoms with Crippen LogP contribution in [0.2, 0.25) is 0 Å². The Labute approximate surface area is 156 Å². The maximum Gasteiger partial charge on any atom is 0.253 e. The van der Waals surface area contributed by atoms with E-state index in [1.54, 1.807) is 7.11 Å². The first-order valence-electron chi connectivity index (χ1n) is 9.85. The fraction of sp³-hybridized carbons (Fsp3) is 0.619.